The van der Waals surface area contributed by atoms with Crippen LogP contribution in [-0.4, -0.2) is 11.7 Å². The predicted octanol–water partition coefficient (Wildman–Crippen LogP) is 1.32. The molecule has 0 amide bonds. The average Bonchev–Trinajstić information content (AvgIpc) is 1.61. The maximum Gasteiger partial charge on any atom is 0.0465 e. The summed E-state index contributed by atoms with van der Waals surface area (Å²) in [6, 6.07) is 0. The van der Waals surface area contributed by atoms with E-state index in [-0.39, 0.29) is 6.61 Å². The molecule has 0 radical (unpaired) electrons. The molecule has 0 aromatic heterocycles. The predicted molar refractivity (Wildman–Crippen MR) is 34.9 cm³/mol. The van der Waals surface area contributed by atoms with Crippen LogP contribution in [0.3, 0.4) is 0 Å². The van der Waals surface area contributed by atoms with Crippen molar-refractivity contribution in [2.75, 3.05) is 6.61 Å². The van der Waals surface area contributed by atoms with Crippen LogP contribution in [0.4, 0.5) is 0 Å². The van der Waals surface area contributed by atoms with Gasteiger partial charge in [-0.2, -0.15) is 0 Å². The second-order valence-corrected chi connectivity index (χ2v) is 1.59. The van der Waals surface area contributed by atoms with Crippen LogP contribution < -0.4 is 0 Å². The van der Waals surface area contributed by atoms with Crippen molar-refractivity contribution in [1.82, 2.24) is 0 Å². The number of aliphatic hydroxyl groups excluding tert-OH is 1. The lowest BCUT2D eigenvalue weighted by Crippen LogP contribution is -1.72. The molecule has 0 saturated carbocycles. The van der Waals surface area contributed by atoms with Crippen LogP contribution >= 0.6 is 22.6 Å². The van der Waals surface area contributed by atoms with Gasteiger partial charge in [0.1, 0.15) is 0 Å². The molecule has 0 spiro atoms. The van der Waals surface area contributed by atoms with Gasteiger partial charge in [0, 0.05) is 6.61 Å². The Morgan fingerprint density at radius 1 is 1.67 bits per heavy atom. The first-order valence-corrected chi connectivity index (χ1v) is 3.02. The highest BCUT2D eigenvalue weighted by Crippen LogP contribution is 1.85. The Balaban J connectivity index is 2.66. The lowest BCUT2D eigenvalue weighted by molar-refractivity contribution is 0.303. The van der Waals surface area contributed by atoms with E-state index in [0.717, 1.165) is 6.42 Å². The molecule has 36 valence electrons. The van der Waals surface area contributed by atoms with Gasteiger partial charge >= 0.3 is 0 Å². The Morgan fingerprint density at radius 2 is 2.33 bits per heavy atom. The zero-order valence-corrected chi connectivity index (χ0v) is 5.55. The Hall–Kier alpha value is 0.430. The molecular formula is C4H7IO. The molecule has 0 rings (SSSR count). The van der Waals surface area contributed by atoms with Crippen molar-refractivity contribution >= 4 is 22.6 Å². The summed E-state index contributed by atoms with van der Waals surface area (Å²) in [5.41, 5.74) is 0. The molecule has 0 bridgehead atoms. The standard InChI is InChI=1S/C4H7IO/c5-3-1-2-4-6/h1,3,6H,2,4H2. The molecule has 0 saturated heterocycles. The van der Waals surface area contributed by atoms with Crippen LogP contribution in [-0.2, 0) is 0 Å². The summed E-state index contributed by atoms with van der Waals surface area (Å²) in [5, 5.41) is 8.14. The molecule has 2 heteroatoms. The number of halogens is 1. The van der Waals surface area contributed by atoms with Crippen molar-refractivity contribution < 1.29 is 5.11 Å². The topological polar surface area (TPSA) is 20.2 Å². The lowest BCUT2D eigenvalue weighted by Gasteiger charge is -1.75. The summed E-state index contributed by atoms with van der Waals surface area (Å²) in [6.07, 6.45) is 2.70. The van der Waals surface area contributed by atoms with Crippen LogP contribution in [0, 0.1) is 0 Å². The largest absolute Gasteiger partial charge is 0.396 e. The molecule has 0 aromatic carbocycles. The number of aliphatic hydroxyl groups is 1. The highest BCUT2D eigenvalue weighted by molar-refractivity contribution is 14.1. The summed E-state index contributed by atoms with van der Waals surface area (Å²) in [4.78, 5) is 0. The molecule has 0 unspecified atom stereocenters. The molecular weight excluding hydrogens is 191 g/mol. The van der Waals surface area contributed by atoms with Gasteiger partial charge < -0.3 is 5.11 Å². The van der Waals surface area contributed by atoms with Gasteiger partial charge in [-0.05, 0) is 10.5 Å². The van der Waals surface area contributed by atoms with Crippen LogP contribution in [0.1, 0.15) is 6.42 Å². The van der Waals surface area contributed by atoms with E-state index >= 15 is 0 Å². The smallest absolute Gasteiger partial charge is 0.0465 e. The minimum atomic E-state index is 0.263. The molecule has 0 fully saturated rings. The van der Waals surface area contributed by atoms with Gasteiger partial charge in [0.2, 0.25) is 0 Å². The van der Waals surface area contributed by atoms with Crippen molar-refractivity contribution in [2.45, 2.75) is 6.42 Å². The summed E-state index contributed by atoms with van der Waals surface area (Å²) < 4.78 is 1.90. The minimum Gasteiger partial charge on any atom is -0.396 e. The van der Waals surface area contributed by atoms with E-state index in [4.69, 9.17) is 5.11 Å². The van der Waals surface area contributed by atoms with Gasteiger partial charge in [0.25, 0.3) is 0 Å². The third-order valence-corrected chi connectivity index (χ3v) is 0.893. The second kappa shape index (κ2) is 5.43. The van der Waals surface area contributed by atoms with Gasteiger partial charge in [-0.15, -0.1) is 0 Å². The number of rotatable bonds is 2. The molecule has 0 aromatic rings. The summed E-state index contributed by atoms with van der Waals surface area (Å²) in [5.74, 6) is 0. The maximum absolute atomic E-state index is 8.14. The van der Waals surface area contributed by atoms with Crippen LogP contribution in [0.2, 0.25) is 0 Å². The molecule has 0 aliphatic carbocycles. The van der Waals surface area contributed by atoms with Crippen LogP contribution in [0.25, 0.3) is 0 Å². The fourth-order valence-electron chi connectivity index (χ4n) is 0.138. The lowest BCUT2D eigenvalue weighted by atomic mass is 10.5. The van der Waals surface area contributed by atoms with E-state index in [1.165, 1.54) is 0 Å². The first kappa shape index (κ1) is 6.43. The Morgan fingerprint density at radius 3 is 2.50 bits per heavy atom. The zero-order chi connectivity index (χ0) is 4.83. The highest BCUT2D eigenvalue weighted by Gasteiger charge is 1.66. The molecule has 1 nitrogen and oxygen atoms in total. The van der Waals surface area contributed by atoms with Crippen molar-refractivity contribution in [3.05, 3.63) is 10.2 Å². The Bertz CT molecular complexity index is 42.8. The summed E-state index contributed by atoms with van der Waals surface area (Å²) in [7, 11) is 0. The molecule has 0 aliphatic heterocycles. The normalized spacial score (nSPS) is 10.3. The number of hydrogen-bond acceptors (Lipinski definition) is 1. The van der Waals surface area contributed by atoms with Gasteiger partial charge in [0.15, 0.2) is 0 Å². The monoisotopic (exact) mass is 198 g/mol. The van der Waals surface area contributed by atoms with Crippen LogP contribution in [0.5, 0.6) is 0 Å². The van der Waals surface area contributed by atoms with Gasteiger partial charge in [-0.1, -0.05) is 28.7 Å². The molecule has 0 heterocycles. The first-order chi connectivity index (χ1) is 2.91. The van der Waals surface area contributed by atoms with Crippen molar-refractivity contribution in [3.8, 4) is 0 Å². The fraction of sp³-hybridized carbons (Fsp3) is 0.500. The SMILES string of the molecule is OCCC=CI. The molecule has 0 atom stereocenters. The van der Waals surface area contributed by atoms with Gasteiger partial charge in [0.05, 0.1) is 0 Å². The zero-order valence-electron chi connectivity index (χ0n) is 3.39. The van der Waals surface area contributed by atoms with Crippen molar-refractivity contribution in [1.29, 1.82) is 0 Å². The molecule has 0 aliphatic rings. The van der Waals surface area contributed by atoms with Gasteiger partial charge in [-0.3, -0.25) is 0 Å². The third-order valence-electron chi connectivity index (χ3n) is 0.385. The van der Waals surface area contributed by atoms with Gasteiger partial charge in [-0.25, -0.2) is 0 Å². The summed E-state index contributed by atoms with van der Waals surface area (Å²) in [6.45, 7) is 0.263. The maximum atomic E-state index is 8.14. The Kier molecular flexibility index (Phi) is 5.82. The molecule has 6 heavy (non-hydrogen) atoms. The van der Waals surface area contributed by atoms with E-state index in [0.29, 0.717) is 0 Å². The fourth-order valence-corrected chi connectivity index (χ4v) is 0.497. The van der Waals surface area contributed by atoms with Crippen LogP contribution in [0.15, 0.2) is 10.2 Å². The number of hydrogen-bond donors (Lipinski definition) is 1. The Labute approximate surface area is 51.2 Å². The van der Waals surface area contributed by atoms with E-state index in [1.807, 2.05) is 10.2 Å². The van der Waals surface area contributed by atoms with E-state index < -0.39 is 0 Å². The van der Waals surface area contributed by atoms with E-state index in [9.17, 15) is 0 Å². The first-order valence-electron chi connectivity index (χ1n) is 1.78. The average molecular weight is 198 g/mol. The third kappa shape index (κ3) is 4.43. The highest BCUT2D eigenvalue weighted by atomic mass is 127. The summed E-state index contributed by atoms with van der Waals surface area (Å²) >= 11 is 2.12. The van der Waals surface area contributed by atoms with E-state index in [2.05, 4.69) is 22.6 Å². The second-order valence-electron chi connectivity index (χ2n) is 0.874. The van der Waals surface area contributed by atoms with Crippen molar-refractivity contribution in [2.24, 2.45) is 0 Å². The molecule has 1 N–H and O–H groups in total. The quantitative estimate of drug-likeness (QED) is 0.663. The van der Waals surface area contributed by atoms with E-state index in [1.54, 1.807) is 0 Å². The van der Waals surface area contributed by atoms with Crippen molar-refractivity contribution in [3.63, 3.8) is 0 Å². The minimum absolute atomic E-state index is 0.263.